The number of hydrogen-bond acceptors (Lipinski definition) is 3. The molecule has 2 amide bonds. The van der Waals surface area contributed by atoms with Crippen LogP contribution in [0.4, 0.5) is 10.5 Å². The SMILES string of the molecule is Cc1ccc(C)c(NC(=O)N2CCC(n3cc(-c4ccccc4)nn3)CC2)c1. The Morgan fingerprint density at radius 3 is 2.57 bits per heavy atom. The normalized spacial score (nSPS) is 14.9. The van der Waals surface area contributed by atoms with E-state index < -0.39 is 0 Å². The molecule has 0 unspecified atom stereocenters. The van der Waals surface area contributed by atoms with Crippen LogP contribution in [0.1, 0.15) is 30.0 Å². The van der Waals surface area contributed by atoms with Gasteiger partial charge in [-0.2, -0.15) is 0 Å². The predicted molar refractivity (Wildman–Crippen MR) is 110 cm³/mol. The number of nitrogens with one attached hydrogen (secondary N) is 1. The Hall–Kier alpha value is -3.15. The van der Waals surface area contributed by atoms with Crippen LogP contribution in [0, 0.1) is 13.8 Å². The van der Waals surface area contributed by atoms with Gasteiger partial charge in [-0.05, 0) is 43.9 Å². The van der Waals surface area contributed by atoms with Crippen LogP contribution in [0.5, 0.6) is 0 Å². The number of benzene rings is 2. The Morgan fingerprint density at radius 2 is 1.82 bits per heavy atom. The Labute approximate surface area is 165 Å². The molecule has 1 N–H and O–H groups in total. The van der Waals surface area contributed by atoms with Crippen molar-refractivity contribution in [1.82, 2.24) is 19.9 Å². The number of aromatic nitrogens is 3. The molecule has 6 heteroatoms. The zero-order valence-corrected chi connectivity index (χ0v) is 16.3. The van der Waals surface area contributed by atoms with E-state index in [0.29, 0.717) is 13.1 Å². The lowest BCUT2D eigenvalue weighted by molar-refractivity contribution is 0.179. The molecule has 144 valence electrons. The van der Waals surface area contributed by atoms with E-state index in [-0.39, 0.29) is 12.1 Å². The molecule has 1 saturated heterocycles. The number of piperidine rings is 1. The number of urea groups is 1. The monoisotopic (exact) mass is 375 g/mol. The van der Waals surface area contributed by atoms with Gasteiger partial charge in [0.15, 0.2) is 0 Å². The maximum atomic E-state index is 12.6. The molecule has 0 aliphatic carbocycles. The van der Waals surface area contributed by atoms with Gasteiger partial charge in [-0.25, -0.2) is 9.48 Å². The molecule has 4 rings (SSSR count). The van der Waals surface area contributed by atoms with Crippen LogP contribution in [0.2, 0.25) is 0 Å². The average Bonchev–Trinajstić information content (AvgIpc) is 3.22. The third-order valence-electron chi connectivity index (χ3n) is 5.34. The van der Waals surface area contributed by atoms with E-state index in [2.05, 4.69) is 21.7 Å². The van der Waals surface area contributed by atoms with Gasteiger partial charge < -0.3 is 10.2 Å². The molecule has 1 fully saturated rings. The molecule has 2 aromatic carbocycles. The highest BCUT2D eigenvalue weighted by atomic mass is 16.2. The molecule has 6 nitrogen and oxygen atoms in total. The van der Waals surface area contributed by atoms with Crippen LogP contribution >= 0.6 is 0 Å². The number of rotatable bonds is 3. The lowest BCUT2D eigenvalue weighted by Crippen LogP contribution is -2.41. The predicted octanol–water partition coefficient (Wildman–Crippen LogP) is 4.43. The number of anilines is 1. The highest BCUT2D eigenvalue weighted by molar-refractivity contribution is 5.90. The third-order valence-corrected chi connectivity index (χ3v) is 5.34. The first-order valence-electron chi connectivity index (χ1n) is 9.70. The molecule has 0 bridgehead atoms. The van der Waals surface area contributed by atoms with Crippen molar-refractivity contribution in [2.75, 3.05) is 18.4 Å². The van der Waals surface area contributed by atoms with Crippen molar-refractivity contribution in [1.29, 1.82) is 0 Å². The number of carbonyl (C=O) groups excluding carboxylic acids is 1. The molecule has 2 heterocycles. The first-order valence-corrected chi connectivity index (χ1v) is 9.70. The molecule has 1 aliphatic heterocycles. The van der Waals surface area contributed by atoms with E-state index in [1.165, 1.54) is 0 Å². The minimum absolute atomic E-state index is 0.0317. The van der Waals surface area contributed by atoms with Gasteiger partial charge in [0.05, 0.1) is 12.2 Å². The van der Waals surface area contributed by atoms with Crippen LogP contribution in [0.25, 0.3) is 11.3 Å². The fourth-order valence-corrected chi connectivity index (χ4v) is 3.59. The number of aryl methyl sites for hydroxylation is 2. The van der Waals surface area contributed by atoms with Crippen LogP contribution < -0.4 is 5.32 Å². The number of hydrogen-bond donors (Lipinski definition) is 1. The van der Waals surface area contributed by atoms with Crippen molar-refractivity contribution >= 4 is 11.7 Å². The zero-order chi connectivity index (χ0) is 19.5. The summed E-state index contributed by atoms with van der Waals surface area (Å²) in [5, 5.41) is 11.7. The second kappa shape index (κ2) is 7.84. The van der Waals surface area contributed by atoms with Gasteiger partial charge >= 0.3 is 6.03 Å². The molecule has 3 aromatic rings. The van der Waals surface area contributed by atoms with Crippen LogP contribution in [0.15, 0.2) is 54.7 Å². The number of nitrogens with zero attached hydrogens (tertiary/aromatic N) is 4. The van der Waals surface area contributed by atoms with Crippen LogP contribution in [0.3, 0.4) is 0 Å². The smallest absolute Gasteiger partial charge is 0.321 e. The van der Waals surface area contributed by atoms with E-state index in [1.54, 1.807) is 0 Å². The number of likely N-dealkylation sites (tertiary alicyclic amines) is 1. The minimum Gasteiger partial charge on any atom is -0.324 e. The van der Waals surface area contributed by atoms with E-state index in [0.717, 1.165) is 40.9 Å². The molecular formula is C22H25N5O. The lowest BCUT2D eigenvalue weighted by Gasteiger charge is -2.32. The van der Waals surface area contributed by atoms with Crippen molar-refractivity contribution in [3.63, 3.8) is 0 Å². The Kier molecular flexibility index (Phi) is 5.10. The second-order valence-electron chi connectivity index (χ2n) is 7.42. The third kappa shape index (κ3) is 3.91. The molecule has 28 heavy (non-hydrogen) atoms. The second-order valence-corrected chi connectivity index (χ2v) is 7.42. The summed E-state index contributed by atoms with van der Waals surface area (Å²) in [6.45, 7) is 5.46. The summed E-state index contributed by atoms with van der Waals surface area (Å²) in [6.07, 6.45) is 3.75. The summed E-state index contributed by atoms with van der Waals surface area (Å²) in [7, 11) is 0. The van der Waals surface area contributed by atoms with E-state index in [1.807, 2.05) is 72.1 Å². The number of carbonyl (C=O) groups is 1. The van der Waals surface area contributed by atoms with Gasteiger partial charge in [-0.3, -0.25) is 0 Å². The molecule has 1 aliphatic rings. The average molecular weight is 375 g/mol. The van der Waals surface area contributed by atoms with E-state index in [9.17, 15) is 4.79 Å². The quantitative estimate of drug-likeness (QED) is 0.736. The molecular weight excluding hydrogens is 350 g/mol. The highest BCUT2D eigenvalue weighted by Gasteiger charge is 2.25. The summed E-state index contributed by atoms with van der Waals surface area (Å²) >= 11 is 0. The Morgan fingerprint density at radius 1 is 1.07 bits per heavy atom. The fourth-order valence-electron chi connectivity index (χ4n) is 3.59. The molecule has 1 aromatic heterocycles. The number of amides is 2. The Bertz CT molecular complexity index is 958. The van der Waals surface area contributed by atoms with Crippen molar-refractivity contribution in [3.8, 4) is 11.3 Å². The van der Waals surface area contributed by atoms with E-state index >= 15 is 0 Å². The van der Waals surface area contributed by atoms with Gasteiger partial charge in [0.25, 0.3) is 0 Å². The summed E-state index contributed by atoms with van der Waals surface area (Å²) in [5.41, 5.74) is 5.05. The summed E-state index contributed by atoms with van der Waals surface area (Å²) in [5.74, 6) is 0. The van der Waals surface area contributed by atoms with Crippen LogP contribution in [-0.4, -0.2) is 39.0 Å². The van der Waals surface area contributed by atoms with Gasteiger partial charge in [0.2, 0.25) is 0 Å². The molecule has 0 saturated carbocycles. The fraction of sp³-hybridized carbons (Fsp3) is 0.318. The minimum atomic E-state index is -0.0317. The van der Waals surface area contributed by atoms with Gasteiger partial charge in [0.1, 0.15) is 5.69 Å². The maximum absolute atomic E-state index is 12.6. The first kappa shape index (κ1) is 18.2. The summed E-state index contributed by atoms with van der Waals surface area (Å²) < 4.78 is 1.95. The highest BCUT2D eigenvalue weighted by Crippen LogP contribution is 2.25. The lowest BCUT2D eigenvalue weighted by atomic mass is 10.1. The van der Waals surface area contributed by atoms with Gasteiger partial charge in [0, 0.05) is 24.3 Å². The standard InChI is InChI=1S/C22H25N5O/c1-16-8-9-17(2)20(14-16)23-22(28)26-12-10-19(11-13-26)27-15-21(24-25-27)18-6-4-3-5-7-18/h3-9,14-15,19H,10-13H2,1-2H3,(H,23,28). The largest absolute Gasteiger partial charge is 0.324 e. The van der Waals surface area contributed by atoms with E-state index in [4.69, 9.17) is 0 Å². The molecule has 0 atom stereocenters. The maximum Gasteiger partial charge on any atom is 0.321 e. The van der Waals surface area contributed by atoms with Crippen molar-refractivity contribution in [2.24, 2.45) is 0 Å². The van der Waals surface area contributed by atoms with Crippen LogP contribution in [-0.2, 0) is 0 Å². The molecule has 0 spiro atoms. The summed E-state index contributed by atoms with van der Waals surface area (Å²) in [6, 6.07) is 16.4. The van der Waals surface area contributed by atoms with Gasteiger partial charge in [-0.15, -0.1) is 5.10 Å². The van der Waals surface area contributed by atoms with Gasteiger partial charge in [-0.1, -0.05) is 47.7 Å². The summed E-state index contributed by atoms with van der Waals surface area (Å²) in [4.78, 5) is 14.5. The molecule has 0 radical (unpaired) electrons. The topological polar surface area (TPSA) is 63.1 Å². The van der Waals surface area contributed by atoms with Crippen molar-refractivity contribution < 1.29 is 4.79 Å². The van der Waals surface area contributed by atoms with Crippen molar-refractivity contribution in [2.45, 2.75) is 32.7 Å². The Balaban J connectivity index is 1.36. The van der Waals surface area contributed by atoms with Crippen molar-refractivity contribution in [3.05, 3.63) is 65.9 Å². The zero-order valence-electron chi connectivity index (χ0n) is 16.3. The first-order chi connectivity index (χ1) is 13.6.